The fourth-order valence-electron chi connectivity index (χ4n) is 1.36. The molecule has 1 rings (SSSR count). The van der Waals surface area contributed by atoms with Gasteiger partial charge in [-0.2, -0.15) is 8.42 Å². The molecule has 0 radical (unpaired) electrons. The van der Waals surface area contributed by atoms with E-state index in [1.54, 1.807) is 12.1 Å². The molecule has 0 fully saturated rings. The maximum Gasteiger partial charge on any atom is 0.306 e. The van der Waals surface area contributed by atoms with E-state index < -0.39 is 10.1 Å². The molecule has 0 unspecified atom stereocenters. The van der Waals surface area contributed by atoms with Crippen LogP contribution in [0.4, 0.5) is 0 Å². The molecule has 1 aromatic carbocycles. The van der Waals surface area contributed by atoms with Gasteiger partial charge in [-0.05, 0) is 36.1 Å². The Balaban J connectivity index is 3.31. The van der Waals surface area contributed by atoms with Gasteiger partial charge in [-0.1, -0.05) is 25.4 Å². The molecule has 5 heteroatoms. The van der Waals surface area contributed by atoms with Gasteiger partial charge in [-0.15, -0.1) is 0 Å². The molecule has 0 spiro atoms. The van der Waals surface area contributed by atoms with Crippen LogP contribution in [0.1, 0.15) is 30.9 Å². The molecule has 1 aromatic rings. The third kappa shape index (κ3) is 3.39. The number of hydrogen-bond donors (Lipinski definition) is 0. The SMILES string of the molecule is Cc1cc(OS(C)(=O)=O)c(C(C)C)cc1Cl. The van der Waals surface area contributed by atoms with Crippen molar-refractivity contribution in [2.45, 2.75) is 26.7 Å². The zero-order chi connectivity index (χ0) is 12.5. The zero-order valence-corrected chi connectivity index (χ0v) is 11.3. The lowest BCUT2D eigenvalue weighted by atomic mass is 10.0. The van der Waals surface area contributed by atoms with Crippen molar-refractivity contribution in [3.8, 4) is 5.75 Å². The quantitative estimate of drug-likeness (QED) is 0.786. The summed E-state index contributed by atoms with van der Waals surface area (Å²) in [6.45, 7) is 5.72. The fourth-order valence-corrected chi connectivity index (χ4v) is 2.00. The molecular formula is C11H15ClO3S. The van der Waals surface area contributed by atoms with Crippen molar-refractivity contribution in [1.82, 2.24) is 0 Å². The van der Waals surface area contributed by atoms with Crippen molar-refractivity contribution in [2.24, 2.45) is 0 Å². The average Bonchev–Trinajstić information content (AvgIpc) is 2.07. The van der Waals surface area contributed by atoms with Gasteiger partial charge < -0.3 is 4.18 Å². The molecule has 0 amide bonds. The van der Waals surface area contributed by atoms with Gasteiger partial charge in [0.05, 0.1) is 6.26 Å². The molecule has 0 aliphatic rings. The van der Waals surface area contributed by atoms with E-state index in [9.17, 15) is 8.42 Å². The summed E-state index contributed by atoms with van der Waals surface area (Å²) in [4.78, 5) is 0. The highest BCUT2D eigenvalue weighted by atomic mass is 35.5. The minimum atomic E-state index is -3.51. The highest BCUT2D eigenvalue weighted by Crippen LogP contribution is 2.32. The topological polar surface area (TPSA) is 43.4 Å². The van der Waals surface area contributed by atoms with Gasteiger partial charge in [0, 0.05) is 5.02 Å². The number of hydrogen-bond acceptors (Lipinski definition) is 3. The summed E-state index contributed by atoms with van der Waals surface area (Å²) in [5.74, 6) is 0.509. The van der Waals surface area contributed by atoms with Crippen LogP contribution in [0, 0.1) is 6.92 Å². The summed E-state index contributed by atoms with van der Waals surface area (Å²) in [6.07, 6.45) is 1.03. The molecule has 0 saturated heterocycles. The minimum Gasteiger partial charge on any atom is -0.382 e. The first-order chi connectivity index (χ1) is 7.20. The molecule has 0 N–H and O–H groups in total. The van der Waals surface area contributed by atoms with Crippen molar-refractivity contribution in [1.29, 1.82) is 0 Å². The summed E-state index contributed by atoms with van der Waals surface area (Å²) in [6, 6.07) is 3.40. The van der Waals surface area contributed by atoms with Gasteiger partial charge in [0.2, 0.25) is 0 Å². The molecule has 16 heavy (non-hydrogen) atoms. The number of rotatable bonds is 3. The van der Waals surface area contributed by atoms with Crippen molar-refractivity contribution >= 4 is 21.7 Å². The smallest absolute Gasteiger partial charge is 0.306 e. The Morgan fingerprint density at radius 3 is 2.31 bits per heavy atom. The van der Waals surface area contributed by atoms with Gasteiger partial charge in [0.25, 0.3) is 0 Å². The molecular weight excluding hydrogens is 248 g/mol. The molecule has 0 saturated carbocycles. The van der Waals surface area contributed by atoms with Crippen molar-refractivity contribution in [3.05, 3.63) is 28.3 Å². The van der Waals surface area contributed by atoms with E-state index in [2.05, 4.69) is 0 Å². The minimum absolute atomic E-state index is 0.148. The first kappa shape index (κ1) is 13.3. The van der Waals surface area contributed by atoms with Gasteiger partial charge in [-0.3, -0.25) is 0 Å². The Labute approximate surface area is 102 Å². The van der Waals surface area contributed by atoms with Crippen molar-refractivity contribution in [3.63, 3.8) is 0 Å². The molecule has 0 aromatic heterocycles. The molecule has 3 nitrogen and oxygen atoms in total. The number of benzene rings is 1. The van der Waals surface area contributed by atoms with E-state index in [-0.39, 0.29) is 5.92 Å². The van der Waals surface area contributed by atoms with Crippen LogP contribution in [0.15, 0.2) is 12.1 Å². The Kier molecular flexibility index (Phi) is 3.86. The maximum atomic E-state index is 11.1. The van der Waals surface area contributed by atoms with Gasteiger partial charge >= 0.3 is 10.1 Å². The highest BCUT2D eigenvalue weighted by Gasteiger charge is 2.14. The molecule has 0 aliphatic carbocycles. The summed E-state index contributed by atoms with van der Waals surface area (Å²) < 4.78 is 27.2. The van der Waals surface area contributed by atoms with Gasteiger partial charge in [0.15, 0.2) is 0 Å². The lowest BCUT2D eigenvalue weighted by Gasteiger charge is -2.14. The van der Waals surface area contributed by atoms with Crippen LogP contribution in [0.2, 0.25) is 5.02 Å². The number of halogens is 1. The summed E-state index contributed by atoms with van der Waals surface area (Å²) in [7, 11) is -3.51. The van der Waals surface area contributed by atoms with Crippen LogP contribution in [-0.4, -0.2) is 14.7 Å². The molecule has 0 aliphatic heterocycles. The van der Waals surface area contributed by atoms with Crippen LogP contribution in [0.25, 0.3) is 0 Å². The summed E-state index contributed by atoms with van der Waals surface area (Å²) in [5.41, 5.74) is 1.59. The third-order valence-electron chi connectivity index (χ3n) is 2.15. The second kappa shape index (κ2) is 4.63. The van der Waals surface area contributed by atoms with Crippen LogP contribution in [0.3, 0.4) is 0 Å². The van der Waals surface area contributed by atoms with Crippen molar-refractivity contribution in [2.75, 3.05) is 6.26 Å². The largest absolute Gasteiger partial charge is 0.382 e. The normalized spacial score (nSPS) is 11.9. The van der Waals surface area contributed by atoms with Crippen LogP contribution in [-0.2, 0) is 10.1 Å². The Bertz CT molecular complexity index is 492. The van der Waals surface area contributed by atoms with E-state index in [1.165, 1.54) is 0 Å². The van der Waals surface area contributed by atoms with Crippen LogP contribution < -0.4 is 4.18 Å². The predicted octanol–water partition coefficient (Wildman–Crippen LogP) is 3.11. The first-order valence-corrected chi connectivity index (χ1v) is 7.09. The van der Waals surface area contributed by atoms with E-state index in [0.29, 0.717) is 10.8 Å². The number of aryl methyl sites for hydroxylation is 1. The van der Waals surface area contributed by atoms with E-state index in [4.69, 9.17) is 15.8 Å². The van der Waals surface area contributed by atoms with Crippen LogP contribution in [0.5, 0.6) is 5.75 Å². The lowest BCUT2D eigenvalue weighted by molar-refractivity contribution is 0.488. The van der Waals surface area contributed by atoms with Gasteiger partial charge in [0.1, 0.15) is 5.75 Å². The van der Waals surface area contributed by atoms with E-state index >= 15 is 0 Å². The predicted molar refractivity (Wildman–Crippen MR) is 65.7 cm³/mol. The van der Waals surface area contributed by atoms with Crippen LogP contribution >= 0.6 is 11.6 Å². The maximum absolute atomic E-state index is 11.1. The summed E-state index contributed by atoms with van der Waals surface area (Å²) >= 11 is 6.00. The second-order valence-corrected chi connectivity index (χ2v) is 6.06. The zero-order valence-electron chi connectivity index (χ0n) is 9.74. The highest BCUT2D eigenvalue weighted by molar-refractivity contribution is 7.86. The Hall–Kier alpha value is -0.740. The second-order valence-electron chi connectivity index (χ2n) is 4.08. The third-order valence-corrected chi connectivity index (χ3v) is 3.04. The fraction of sp³-hybridized carbons (Fsp3) is 0.455. The van der Waals surface area contributed by atoms with E-state index in [1.807, 2.05) is 20.8 Å². The first-order valence-electron chi connectivity index (χ1n) is 4.90. The van der Waals surface area contributed by atoms with E-state index in [0.717, 1.165) is 17.4 Å². The Morgan fingerprint density at radius 1 is 1.31 bits per heavy atom. The van der Waals surface area contributed by atoms with Gasteiger partial charge in [-0.25, -0.2) is 0 Å². The average molecular weight is 263 g/mol. The Morgan fingerprint density at radius 2 is 1.88 bits per heavy atom. The molecule has 0 atom stereocenters. The molecule has 90 valence electrons. The monoisotopic (exact) mass is 262 g/mol. The van der Waals surface area contributed by atoms with Crippen molar-refractivity contribution < 1.29 is 12.6 Å². The standard InChI is InChI=1S/C11H15ClO3S/c1-7(2)9-6-10(12)8(3)5-11(9)15-16(4,13)14/h5-7H,1-4H3. The summed E-state index contributed by atoms with van der Waals surface area (Å²) in [5, 5.41) is 0.615. The molecule has 0 bridgehead atoms. The lowest BCUT2D eigenvalue weighted by Crippen LogP contribution is -2.08. The molecule has 0 heterocycles.